The van der Waals surface area contributed by atoms with Crippen molar-refractivity contribution in [3.05, 3.63) is 65.9 Å². The number of aromatic nitrogens is 4. The predicted molar refractivity (Wildman–Crippen MR) is 127 cm³/mol. The maximum absolute atomic E-state index is 14.2. The average molecular weight is 477 g/mol. The fourth-order valence-corrected chi connectivity index (χ4v) is 4.44. The maximum Gasteiger partial charge on any atom is 0.185 e. The van der Waals surface area contributed by atoms with Crippen molar-refractivity contribution in [3.63, 3.8) is 0 Å². The van der Waals surface area contributed by atoms with Crippen molar-refractivity contribution in [1.82, 2.24) is 25.3 Å². The Morgan fingerprint density at radius 2 is 1.77 bits per heavy atom. The quantitative estimate of drug-likeness (QED) is 0.409. The predicted octanol–water partition coefficient (Wildman–Crippen LogP) is 4.53. The van der Waals surface area contributed by atoms with Crippen LogP contribution in [0, 0.1) is 17.5 Å². The van der Waals surface area contributed by atoms with Gasteiger partial charge in [-0.1, -0.05) is 0 Å². The fourth-order valence-electron chi connectivity index (χ4n) is 4.44. The molecule has 10 heteroatoms. The molecule has 4 heterocycles. The number of benzene rings is 1. The van der Waals surface area contributed by atoms with Crippen LogP contribution in [0.25, 0.3) is 22.3 Å². The number of pyridine rings is 2. The number of nitrogens with zero attached hydrogens (tertiary/aromatic N) is 5. The van der Waals surface area contributed by atoms with E-state index in [1.807, 2.05) is 6.20 Å². The van der Waals surface area contributed by atoms with Gasteiger partial charge >= 0.3 is 0 Å². The zero-order valence-corrected chi connectivity index (χ0v) is 18.7. The summed E-state index contributed by atoms with van der Waals surface area (Å²) in [6, 6.07) is 4.92. The van der Waals surface area contributed by atoms with Crippen LogP contribution in [-0.2, 0) is 0 Å². The first-order chi connectivity index (χ1) is 17.1. The highest BCUT2D eigenvalue weighted by Gasteiger charge is 2.29. The lowest BCUT2D eigenvalue weighted by atomic mass is 10.1. The Morgan fingerprint density at radius 1 is 0.971 bits per heavy atom. The summed E-state index contributed by atoms with van der Waals surface area (Å²) < 4.78 is 41.9. The number of anilines is 3. The normalized spacial score (nSPS) is 16.0. The highest BCUT2D eigenvalue weighted by molar-refractivity contribution is 5.94. The van der Waals surface area contributed by atoms with E-state index in [0.717, 1.165) is 67.9 Å². The Bertz CT molecular complexity index is 1420. The molecular weight excluding hydrogens is 455 g/mol. The number of piperazine rings is 1. The van der Waals surface area contributed by atoms with Crippen LogP contribution in [0.4, 0.5) is 30.5 Å². The van der Waals surface area contributed by atoms with Gasteiger partial charge in [0, 0.05) is 49.5 Å². The van der Waals surface area contributed by atoms with Gasteiger partial charge in [0.1, 0.15) is 23.1 Å². The highest BCUT2D eigenvalue weighted by Crippen LogP contribution is 2.44. The second-order valence-corrected chi connectivity index (χ2v) is 8.78. The van der Waals surface area contributed by atoms with Gasteiger partial charge in [-0.2, -0.15) is 0 Å². The molecule has 35 heavy (non-hydrogen) atoms. The molecule has 3 aromatic heterocycles. The van der Waals surface area contributed by atoms with Gasteiger partial charge in [-0.05, 0) is 48.6 Å². The molecule has 6 rings (SSSR count). The first-order valence-electron chi connectivity index (χ1n) is 11.6. The van der Waals surface area contributed by atoms with Crippen molar-refractivity contribution in [3.8, 4) is 11.4 Å². The molecule has 0 bridgehead atoms. The summed E-state index contributed by atoms with van der Waals surface area (Å²) in [5, 5.41) is 6.95. The number of rotatable bonds is 5. The van der Waals surface area contributed by atoms with E-state index in [9.17, 15) is 13.2 Å². The minimum Gasteiger partial charge on any atom is -0.353 e. The van der Waals surface area contributed by atoms with Crippen LogP contribution in [0.3, 0.4) is 0 Å². The van der Waals surface area contributed by atoms with E-state index in [1.165, 1.54) is 11.8 Å². The van der Waals surface area contributed by atoms with Gasteiger partial charge in [-0.15, -0.1) is 0 Å². The summed E-state index contributed by atoms with van der Waals surface area (Å²) in [5.74, 6) is -1.44. The van der Waals surface area contributed by atoms with E-state index in [-0.39, 0.29) is 5.82 Å². The first-order valence-corrected chi connectivity index (χ1v) is 11.6. The molecule has 178 valence electrons. The minimum absolute atomic E-state index is 0.142. The monoisotopic (exact) mass is 477 g/mol. The Labute approximate surface area is 199 Å². The average Bonchev–Trinajstić information content (AvgIpc) is 3.74. The van der Waals surface area contributed by atoms with E-state index in [0.29, 0.717) is 17.3 Å². The minimum atomic E-state index is -1.31. The third-order valence-electron chi connectivity index (χ3n) is 6.37. The molecule has 1 aliphatic carbocycles. The van der Waals surface area contributed by atoms with Crippen molar-refractivity contribution < 1.29 is 13.2 Å². The zero-order valence-electron chi connectivity index (χ0n) is 18.7. The summed E-state index contributed by atoms with van der Waals surface area (Å²) in [4.78, 5) is 20.6. The Morgan fingerprint density at radius 3 is 2.57 bits per heavy atom. The second-order valence-electron chi connectivity index (χ2n) is 8.78. The summed E-state index contributed by atoms with van der Waals surface area (Å²) in [7, 11) is 0. The van der Waals surface area contributed by atoms with E-state index in [1.54, 1.807) is 18.3 Å². The number of hydrogen-bond donors (Lipinski definition) is 2. The van der Waals surface area contributed by atoms with Crippen LogP contribution in [0.1, 0.15) is 24.3 Å². The summed E-state index contributed by atoms with van der Waals surface area (Å²) in [6.45, 7) is 3.36. The number of nitrogens with one attached hydrogen (secondary N) is 2. The van der Waals surface area contributed by atoms with Crippen molar-refractivity contribution >= 4 is 28.2 Å². The molecule has 1 saturated heterocycles. The smallest absolute Gasteiger partial charge is 0.185 e. The van der Waals surface area contributed by atoms with E-state index in [4.69, 9.17) is 9.97 Å². The summed E-state index contributed by atoms with van der Waals surface area (Å²) in [5.41, 5.74) is 1.93. The van der Waals surface area contributed by atoms with Crippen LogP contribution in [0.5, 0.6) is 0 Å². The van der Waals surface area contributed by atoms with E-state index >= 15 is 0 Å². The molecule has 1 aliphatic heterocycles. The van der Waals surface area contributed by atoms with Gasteiger partial charge in [0.05, 0.1) is 11.7 Å². The van der Waals surface area contributed by atoms with Gasteiger partial charge in [0.25, 0.3) is 0 Å². The van der Waals surface area contributed by atoms with Gasteiger partial charge in [0.2, 0.25) is 0 Å². The molecule has 0 unspecified atom stereocenters. The topological polar surface area (TPSA) is 78.9 Å². The second kappa shape index (κ2) is 8.77. The molecule has 1 saturated carbocycles. The maximum atomic E-state index is 14.2. The van der Waals surface area contributed by atoms with E-state index < -0.39 is 23.1 Å². The SMILES string of the molecule is Fc1ccc(F)c(Nc2cc(-c3nc(N4CCNCC4)c4c(C5CC5)cncc4n3)ccn2)c1F. The molecule has 4 aromatic rings. The standard InChI is InChI=1S/C25H22F3N7/c26-17-3-4-18(27)23(22(17)28)33-20-11-15(5-6-31-20)24-32-19-13-30-12-16(14-1-2-14)21(19)25(34-24)35-9-7-29-8-10-35/h3-6,11-14,29H,1-2,7-10H2,(H,31,33). The van der Waals surface area contributed by atoms with Crippen LogP contribution in [0.2, 0.25) is 0 Å². The third-order valence-corrected chi connectivity index (χ3v) is 6.37. The molecule has 2 N–H and O–H groups in total. The lowest BCUT2D eigenvalue weighted by Gasteiger charge is -2.30. The van der Waals surface area contributed by atoms with Crippen molar-refractivity contribution in [2.24, 2.45) is 0 Å². The van der Waals surface area contributed by atoms with Gasteiger partial charge in [-0.25, -0.2) is 28.1 Å². The molecule has 0 atom stereocenters. The van der Waals surface area contributed by atoms with Crippen molar-refractivity contribution in [2.45, 2.75) is 18.8 Å². The molecule has 0 amide bonds. The van der Waals surface area contributed by atoms with Crippen LogP contribution < -0.4 is 15.5 Å². The van der Waals surface area contributed by atoms with E-state index in [2.05, 4.69) is 25.5 Å². The zero-order chi connectivity index (χ0) is 23.9. The fraction of sp³-hybridized carbons (Fsp3) is 0.280. The van der Waals surface area contributed by atoms with Crippen molar-refractivity contribution in [2.75, 3.05) is 36.4 Å². The lowest BCUT2D eigenvalue weighted by molar-refractivity contribution is 0.499. The molecule has 0 spiro atoms. The Hall–Kier alpha value is -3.79. The number of hydrogen-bond acceptors (Lipinski definition) is 7. The van der Waals surface area contributed by atoms with Crippen molar-refractivity contribution in [1.29, 1.82) is 0 Å². The summed E-state index contributed by atoms with van der Waals surface area (Å²) in [6.07, 6.45) is 7.43. The summed E-state index contributed by atoms with van der Waals surface area (Å²) >= 11 is 0. The molecule has 2 fully saturated rings. The molecule has 0 radical (unpaired) electrons. The van der Waals surface area contributed by atoms with Crippen LogP contribution >= 0.6 is 0 Å². The van der Waals surface area contributed by atoms with Crippen LogP contribution in [0.15, 0.2) is 42.9 Å². The first kappa shape index (κ1) is 21.7. The molecular formula is C25H22F3N7. The van der Waals surface area contributed by atoms with Gasteiger partial charge in [0.15, 0.2) is 17.5 Å². The number of halogens is 3. The Kier molecular flexibility index (Phi) is 5.44. The molecule has 1 aromatic carbocycles. The molecule has 7 nitrogen and oxygen atoms in total. The lowest BCUT2D eigenvalue weighted by Crippen LogP contribution is -2.44. The van der Waals surface area contributed by atoms with Gasteiger partial charge in [-0.3, -0.25) is 4.98 Å². The Balaban J connectivity index is 1.44. The number of fused-ring (bicyclic) bond motifs is 1. The van der Waals surface area contributed by atoms with Crippen LogP contribution in [-0.4, -0.2) is 46.1 Å². The third kappa shape index (κ3) is 4.14. The van der Waals surface area contributed by atoms with Gasteiger partial charge < -0.3 is 15.5 Å². The highest BCUT2D eigenvalue weighted by atomic mass is 19.2. The largest absolute Gasteiger partial charge is 0.353 e. The molecule has 2 aliphatic rings.